The first-order chi connectivity index (χ1) is 16.5. The van der Waals surface area contributed by atoms with E-state index in [1.165, 1.54) is 30.3 Å². The van der Waals surface area contributed by atoms with Gasteiger partial charge in [0.2, 0.25) is 0 Å². The average molecular weight is 562 g/mol. The lowest BCUT2D eigenvalue weighted by Gasteiger charge is -2.15. The van der Waals surface area contributed by atoms with Crippen molar-refractivity contribution in [1.82, 2.24) is 5.43 Å². The molecule has 0 saturated carbocycles. The minimum atomic E-state index is -0.809. The molecule has 0 aliphatic heterocycles. The Morgan fingerprint density at radius 1 is 1.11 bits per heavy atom. The summed E-state index contributed by atoms with van der Waals surface area (Å²) < 4.78 is 10.3. The van der Waals surface area contributed by atoms with Crippen LogP contribution in [0.5, 0.6) is 11.5 Å². The molecule has 0 bridgehead atoms. The van der Waals surface area contributed by atoms with Crippen LogP contribution in [-0.2, 0) is 4.79 Å². The van der Waals surface area contributed by atoms with E-state index in [-0.39, 0.29) is 42.9 Å². The zero-order valence-electron chi connectivity index (χ0n) is 17.1. The van der Waals surface area contributed by atoms with E-state index in [2.05, 4.69) is 15.8 Å². The molecule has 182 valence electrons. The second kappa shape index (κ2) is 11.3. The minimum Gasteiger partial charge on any atom is -0.506 e. The van der Waals surface area contributed by atoms with Gasteiger partial charge in [-0.05, 0) is 30.3 Å². The highest BCUT2D eigenvalue weighted by atomic mass is 35.5. The van der Waals surface area contributed by atoms with Crippen LogP contribution in [0.1, 0.15) is 16.1 Å². The molecule has 1 heterocycles. The molecule has 11 nitrogen and oxygen atoms in total. The van der Waals surface area contributed by atoms with Crippen LogP contribution in [0, 0.1) is 10.1 Å². The number of carbonyl (C=O) groups is 2. The number of benzene rings is 2. The molecule has 2 amide bonds. The molecule has 3 N–H and O–H groups in total. The molecule has 0 unspecified atom stereocenters. The SMILES string of the molecule is O=C(COc1c(Cl)cc(Cl)cc1NC(=O)c1cc(Cl)cc(Cl)c1O)NN=Cc1ccc([N+](=O)[O-])o1. The minimum absolute atomic E-state index is 0.0119. The second-order valence-electron chi connectivity index (χ2n) is 6.52. The fourth-order valence-corrected chi connectivity index (χ4v) is 3.62. The molecule has 0 aliphatic carbocycles. The molecule has 35 heavy (non-hydrogen) atoms. The van der Waals surface area contributed by atoms with E-state index in [0.29, 0.717) is 0 Å². The predicted molar refractivity (Wildman–Crippen MR) is 129 cm³/mol. The molecule has 1 aromatic heterocycles. The third-order valence-electron chi connectivity index (χ3n) is 4.05. The van der Waals surface area contributed by atoms with Crippen molar-refractivity contribution in [1.29, 1.82) is 0 Å². The van der Waals surface area contributed by atoms with E-state index in [0.717, 1.165) is 12.3 Å². The Hall–Kier alpha value is -3.51. The lowest BCUT2D eigenvalue weighted by molar-refractivity contribution is -0.402. The fraction of sp³-hybridized carbons (Fsp3) is 0.0500. The first kappa shape index (κ1) is 26.1. The number of phenols is 1. The summed E-state index contributed by atoms with van der Waals surface area (Å²) >= 11 is 23.9. The number of phenolic OH excluding ortho intramolecular Hbond substituents is 1. The number of nitrogens with zero attached hydrogens (tertiary/aromatic N) is 2. The van der Waals surface area contributed by atoms with Crippen molar-refractivity contribution >= 4 is 76.0 Å². The van der Waals surface area contributed by atoms with E-state index >= 15 is 0 Å². The molecule has 15 heteroatoms. The fourth-order valence-electron chi connectivity index (χ4n) is 2.58. The molecule has 0 aliphatic rings. The van der Waals surface area contributed by atoms with Crippen LogP contribution in [0.15, 0.2) is 45.9 Å². The Labute approximate surface area is 216 Å². The first-order valence-electron chi connectivity index (χ1n) is 9.22. The van der Waals surface area contributed by atoms with Gasteiger partial charge >= 0.3 is 5.88 Å². The number of furan rings is 1. The number of rotatable bonds is 8. The molecular formula is C20H12Cl4N4O7. The normalized spacial score (nSPS) is 10.9. The van der Waals surface area contributed by atoms with E-state index in [4.69, 9.17) is 55.6 Å². The van der Waals surface area contributed by atoms with Crippen LogP contribution < -0.4 is 15.5 Å². The lowest BCUT2D eigenvalue weighted by Crippen LogP contribution is -2.25. The van der Waals surface area contributed by atoms with Crippen molar-refractivity contribution in [2.24, 2.45) is 5.10 Å². The van der Waals surface area contributed by atoms with Gasteiger partial charge in [-0.25, -0.2) is 5.43 Å². The summed E-state index contributed by atoms with van der Waals surface area (Å²) in [6.07, 6.45) is 1.05. The van der Waals surface area contributed by atoms with Crippen molar-refractivity contribution in [3.63, 3.8) is 0 Å². The number of aromatic hydroxyl groups is 1. The summed E-state index contributed by atoms with van der Waals surface area (Å²) in [5.74, 6) is -2.59. The van der Waals surface area contributed by atoms with Gasteiger partial charge in [0.15, 0.2) is 18.1 Å². The number of hydrogen-bond donors (Lipinski definition) is 3. The molecule has 3 aromatic rings. The van der Waals surface area contributed by atoms with E-state index in [1.54, 1.807) is 0 Å². The van der Waals surface area contributed by atoms with E-state index in [9.17, 15) is 24.8 Å². The molecule has 0 radical (unpaired) electrons. The molecule has 0 atom stereocenters. The smallest absolute Gasteiger partial charge is 0.433 e. The number of nitrogens with one attached hydrogen (secondary N) is 2. The number of ether oxygens (including phenoxy) is 1. The zero-order chi connectivity index (χ0) is 25.7. The maximum atomic E-state index is 12.7. The van der Waals surface area contributed by atoms with Gasteiger partial charge in [0.25, 0.3) is 11.8 Å². The van der Waals surface area contributed by atoms with Gasteiger partial charge in [-0.2, -0.15) is 5.10 Å². The maximum Gasteiger partial charge on any atom is 0.433 e. The Morgan fingerprint density at radius 3 is 2.49 bits per heavy atom. The summed E-state index contributed by atoms with van der Waals surface area (Å²) in [5, 5.41) is 26.8. The number of nitro groups is 1. The van der Waals surface area contributed by atoms with Gasteiger partial charge < -0.3 is 19.6 Å². The summed E-state index contributed by atoms with van der Waals surface area (Å²) in [6.45, 7) is -0.589. The number of hydrogen-bond acceptors (Lipinski definition) is 8. The van der Waals surface area contributed by atoms with Gasteiger partial charge in [-0.1, -0.05) is 46.4 Å². The number of carbonyl (C=O) groups excluding carboxylic acids is 2. The van der Waals surface area contributed by atoms with Gasteiger partial charge in [0.05, 0.1) is 33.6 Å². The third-order valence-corrected chi connectivity index (χ3v) is 5.06. The van der Waals surface area contributed by atoms with Gasteiger partial charge in [0, 0.05) is 10.0 Å². The van der Waals surface area contributed by atoms with Crippen LogP contribution in [0.4, 0.5) is 11.6 Å². The summed E-state index contributed by atoms with van der Waals surface area (Å²) in [5.41, 5.74) is 1.89. The van der Waals surface area contributed by atoms with Crippen LogP contribution in [0.2, 0.25) is 20.1 Å². The topological polar surface area (TPSA) is 156 Å². The van der Waals surface area contributed by atoms with Crippen LogP contribution in [-0.4, -0.2) is 34.7 Å². The van der Waals surface area contributed by atoms with Gasteiger partial charge in [0.1, 0.15) is 10.7 Å². The largest absolute Gasteiger partial charge is 0.506 e. The van der Waals surface area contributed by atoms with E-state index in [1.807, 2.05) is 0 Å². The van der Waals surface area contributed by atoms with Crippen LogP contribution in [0.3, 0.4) is 0 Å². The molecular weight excluding hydrogens is 550 g/mol. The van der Waals surface area contributed by atoms with Crippen molar-refractivity contribution in [3.8, 4) is 11.5 Å². The van der Waals surface area contributed by atoms with Crippen LogP contribution in [0.25, 0.3) is 0 Å². The standard InChI is InChI=1S/C20H12Cl4N4O7/c21-9-3-12(18(30)13(23)4-9)20(31)26-15-6-10(22)5-14(24)19(15)34-8-16(29)27-25-7-11-1-2-17(35-11)28(32)33/h1-7,30H,8H2,(H,26,31)(H,27,29). The highest BCUT2D eigenvalue weighted by Crippen LogP contribution is 2.38. The third kappa shape index (κ3) is 6.76. The summed E-state index contributed by atoms with van der Waals surface area (Å²) in [6, 6.07) is 7.50. The number of hydrazone groups is 1. The Balaban J connectivity index is 1.70. The van der Waals surface area contributed by atoms with Crippen molar-refractivity contribution in [2.75, 3.05) is 11.9 Å². The molecule has 2 aromatic carbocycles. The number of anilines is 1. The Morgan fingerprint density at radius 2 is 1.80 bits per heavy atom. The average Bonchev–Trinajstić information content (AvgIpc) is 3.24. The number of halogens is 4. The predicted octanol–water partition coefficient (Wildman–Crippen LogP) is 5.29. The van der Waals surface area contributed by atoms with Crippen molar-refractivity contribution < 1.29 is 28.8 Å². The molecule has 3 rings (SSSR count). The van der Waals surface area contributed by atoms with Crippen molar-refractivity contribution in [2.45, 2.75) is 0 Å². The molecule has 0 spiro atoms. The monoisotopic (exact) mass is 560 g/mol. The highest BCUT2D eigenvalue weighted by molar-refractivity contribution is 6.37. The zero-order valence-corrected chi connectivity index (χ0v) is 20.1. The quantitative estimate of drug-likeness (QED) is 0.191. The van der Waals surface area contributed by atoms with Crippen LogP contribution >= 0.6 is 46.4 Å². The van der Waals surface area contributed by atoms with Crippen molar-refractivity contribution in [3.05, 3.63) is 77.9 Å². The maximum absolute atomic E-state index is 12.7. The lowest BCUT2D eigenvalue weighted by atomic mass is 10.1. The molecule has 0 fully saturated rings. The molecule has 0 saturated heterocycles. The van der Waals surface area contributed by atoms with Gasteiger partial charge in [-0.15, -0.1) is 0 Å². The first-order valence-corrected chi connectivity index (χ1v) is 10.7. The Kier molecular flexibility index (Phi) is 8.41. The summed E-state index contributed by atoms with van der Waals surface area (Å²) in [4.78, 5) is 34.6. The highest BCUT2D eigenvalue weighted by Gasteiger charge is 2.20. The van der Waals surface area contributed by atoms with Gasteiger partial charge in [-0.3, -0.25) is 19.7 Å². The number of amides is 2. The Bertz CT molecular complexity index is 1340. The van der Waals surface area contributed by atoms with E-state index < -0.39 is 35.0 Å². The second-order valence-corrected chi connectivity index (χ2v) is 8.20. The summed E-state index contributed by atoms with van der Waals surface area (Å²) in [7, 11) is 0.